The lowest BCUT2D eigenvalue weighted by Crippen LogP contribution is -2.45. The molecule has 8 aromatic rings. The standard InChI is InChI=1S/C48H39FN4O3/c49-43-44(56-48(38-25-13-4-14-26-38,39-27-15-5-16-28-39)40-29-17-6-18-30-40)42(55-46(43)53-34-52-41-31-50-33-51-45(41)53)32-54-47(35-19-7-1-8-20-35,36-21-9-2-10-22-36)37-23-11-3-12-24-37/h1-31,33-34,42-44,46H,32H2/t42-,43-,44-,46-/m1/s1. The molecule has 1 aliphatic heterocycles. The van der Waals surface area contributed by atoms with Crippen LogP contribution in [0.15, 0.2) is 201 Å². The molecule has 1 fully saturated rings. The van der Waals surface area contributed by atoms with Crippen molar-refractivity contribution in [3.05, 3.63) is 234 Å². The van der Waals surface area contributed by atoms with E-state index in [1.165, 1.54) is 6.33 Å². The van der Waals surface area contributed by atoms with Gasteiger partial charge in [-0.15, -0.1) is 0 Å². The SMILES string of the molecule is F[C@@H]1[C@H](OC(c2ccccc2)(c2ccccc2)c2ccccc2)[C@@H](COC(c2ccccc2)(c2ccccc2)c2ccccc2)O[C@H]1n1cnc2cncnc21. The summed E-state index contributed by atoms with van der Waals surface area (Å²) in [5, 5.41) is 0. The van der Waals surface area contributed by atoms with E-state index in [-0.39, 0.29) is 6.61 Å². The number of imidazole rings is 1. The molecule has 0 unspecified atom stereocenters. The monoisotopic (exact) mass is 738 g/mol. The third kappa shape index (κ3) is 6.27. The molecular formula is C48H39FN4O3. The fraction of sp³-hybridized carbons (Fsp3) is 0.146. The van der Waals surface area contributed by atoms with E-state index in [0.29, 0.717) is 11.2 Å². The molecule has 0 bridgehead atoms. The first-order valence-corrected chi connectivity index (χ1v) is 18.8. The van der Waals surface area contributed by atoms with Crippen molar-refractivity contribution < 1.29 is 18.6 Å². The molecule has 276 valence electrons. The van der Waals surface area contributed by atoms with Gasteiger partial charge in [0, 0.05) is 0 Å². The minimum absolute atomic E-state index is 0.0314. The average Bonchev–Trinajstić information content (AvgIpc) is 3.84. The number of fused-ring (bicyclic) bond motifs is 1. The van der Waals surface area contributed by atoms with Crippen molar-refractivity contribution >= 4 is 11.2 Å². The first-order chi connectivity index (χ1) is 27.7. The van der Waals surface area contributed by atoms with Gasteiger partial charge in [-0.2, -0.15) is 0 Å². The Balaban J connectivity index is 1.21. The molecule has 8 heteroatoms. The molecule has 4 atom stereocenters. The molecule has 2 aromatic heterocycles. The molecule has 1 saturated heterocycles. The molecule has 0 N–H and O–H groups in total. The van der Waals surface area contributed by atoms with E-state index in [4.69, 9.17) is 14.2 Å². The summed E-state index contributed by atoms with van der Waals surface area (Å²) in [5.74, 6) is 0. The molecule has 56 heavy (non-hydrogen) atoms. The van der Waals surface area contributed by atoms with Gasteiger partial charge >= 0.3 is 0 Å². The van der Waals surface area contributed by atoms with Crippen LogP contribution in [-0.4, -0.2) is 44.5 Å². The first kappa shape index (κ1) is 35.4. The summed E-state index contributed by atoms with van der Waals surface area (Å²) in [6.07, 6.45) is -0.261. The fourth-order valence-corrected chi connectivity index (χ4v) is 8.07. The maximum atomic E-state index is 17.9. The van der Waals surface area contributed by atoms with Crippen molar-refractivity contribution in [3.63, 3.8) is 0 Å². The zero-order valence-corrected chi connectivity index (χ0v) is 30.5. The number of hydrogen-bond acceptors (Lipinski definition) is 6. The number of hydrogen-bond donors (Lipinski definition) is 0. The zero-order valence-electron chi connectivity index (χ0n) is 30.5. The highest BCUT2D eigenvalue weighted by Crippen LogP contribution is 2.47. The van der Waals surface area contributed by atoms with Crippen molar-refractivity contribution in [2.45, 2.75) is 35.8 Å². The quantitative estimate of drug-likeness (QED) is 0.116. The average molecular weight is 739 g/mol. The van der Waals surface area contributed by atoms with E-state index >= 15 is 4.39 Å². The van der Waals surface area contributed by atoms with Gasteiger partial charge in [0.1, 0.15) is 35.3 Å². The molecule has 0 radical (unpaired) electrons. The number of aromatic nitrogens is 4. The number of rotatable bonds is 12. The lowest BCUT2D eigenvalue weighted by Gasteiger charge is -2.40. The van der Waals surface area contributed by atoms with Gasteiger partial charge in [-0.05, 0) is 33.4 Å². The van der Waals surface area contributed by atoms with Crippen LogP contribution in [0.25, 0.3) is 11.2 Å². The van der Waals surface area contributed by atoms with Gasteiger partial charge in [0.15, 0.2) is 18.0 Å². The van der Waals surface area contributed by atoms with E-state index in [1.807, 2.05) is 146 Å². The highest BCUT2D eigenvalue weighted by molar-refractivity contribution is 5.69. The molecule has 7 nitrogen and oxygen atoms in total. The Morgan fingerprint density at radius 1 is 0.554 bits per heavy atom. The third-order valence-electron chi connectivity index (χ3n) is 10.6. The van der Waals surface area contributed by atoms with Crippen molar-refractivity contribution in [1.82, 2.24) is 19.5 Å². The van der Waals surface area contributed by atoms with E-state index in [2.05, 4.69) is 51.4 Å². The topological polar surface area (TPSA) is 71.3 Å². The van der Waals surface area contributed by atoms with Crippen LogP contribution in [0.4, 0.5) is 4.39 Å². The molecule has 6 aromatic carbocycles. The van der Waals surface area contributed by atoms with Crippen LogP contribution >= 0.6 is 0 Å². The van der Waals surface area contributed by atoms with Crippen molar-refractivity contribution in [2.75, 3.05) is 6.61 Å². The van der Waals surface area contributed by atoms with Crippen LogP contribution in [0, 0.1) is 0 Å². The second-order valence-corrected chi connectivity index (χ2v) is 13.8. The number of halogens is 1. The predicted molar refractivity (Wildman–Crippen MR) is 213 cm³/mol. The van der Waals surface area contributed by atoms with Crippen LogP contribution < -0.4 is 0 Å². The van der Waals surface area contributed by atoms with Gasteiger partial charge in [0.05, 0.1) is 19.1 Å². The van der Waals surface area contributed by atoms with E-state index < -0.39 is 35.8 Å². The van der Waals surface area contributed by atoms with Gasteiger partial charge in [0.2, 0.25) is 0 Å². The number of nitrogens with zero attached hydrogens (tertiary/aromatic N) is 4. The van der Waals surface area contributed by atoms with Crippen molar-refractivity contribution in [2.24, 2.45) is 0 Å². The highest BCUT2D eigenvalue weighted by atomic mass is 19.1. The van der Waals surface area contributed by atoms with Crippen LogP contribution in [0.5, 0.6) is 0 Å². The molecule has 1 aliphatic rings. The molecule has 0 saturated carbocycles. The summed E-state index contributed by atoms with van der Waals surface area (Å²) in [5.41, 5.74) is 3.99. The van der Waals surface area contributed by atoms with Crippen molar-refractivity contribution in [3.8, 4) is 0 Å². The second-order valence-electron chi connectivity index (χ2n) is 13.8. The zero-order chi connectivity index (χ0) is 37.8. The van der Waals surface area contributed by atoms with E-state index in [0.717, 1.165) is 33.4 Å². The lowest BCUT2D eigenvalue weighted by molar-refractivity contribution is -0.128. The Morgan fingerprint density at radius 3 is 1.39 bits per heavy atom. The predicted octanol–water partition coefficient (Wildman–Crippen LogP) is 9.45. The second kappa shape index (κ2) is 15.4. The molecule has 0 amide bonds. The molecule has 9 rings (SSSR count). The summed E-state index contributed by atoms with van der Waals surface area (Å²) in [7, 11) is 0. The summed E-state index contributed by atoms with van der Waals surface area (Å²) >= 11 is 0. The number of alkyl halides is 1. The minimum Gasteiger partial charge on any atom is -0.358 e. The minimum atomic E-state index is -1.67. The normalized spacial score (nSPS) is 18.6. The smallest absolute Gasteiger partial charge is 0.174 e. The summed E-state index contributed by atoms with van der Waals surface area (Å²) in [6, 6.07) is 60.3. The highest BCUT2D eigenvalue weighted by Gasteiger charge is 2.53. The largest absolute Gasteiger partial charge is 0.358 e. The first-order valence-electron chi connectivity index (χ1n) is 18.8. The van der Waals surface area contributed by atoms with Gasteiger partial charge in [-0.3, -0.25) is 4.57 Å². The molecular weight excluding hydrogens is 700 g/mol. The van der Waals surface area contributed by atoms with Gasteiger partial charge in [0.25, 0.3) is 0 Å². The fourth-order valence-electron chi connectivity index (χ4n) is 8.07. The summed E-state index contributed by atoms with van der Waals surface area (Å²) < 4.78 is 41.1. The Morgan fingerprint density at radius 2 is 0.964 bits per heavy atom. The number of ether oxygens (including phenoxy) is 3. The summed E-state index contributed by atoms with van der Waals surface area (Å²) in [4.78, 5) is 13.1. The summed E-state index contributed by atoms with van der Waals surface area (Å²) in [6.45, 7) is -0.0314. The van der Waals surface area contributed by atoms with E-state index in [9.17, 15) is 0 Å². The Kier molecular flexibility index (Phi) is 9.75. The van der Waals surface area contributed by atoms with Crippen molar-refractivity contribution in [1.29, 1.82) is 0 Å². The molecule has 0 spiro atoms. The van der Waals surface area contributed by atoms with Crippen LogP contribution in [0.3, 0.4) is 0 Å². The lowest BCUT2D eigenvalue weighted by atomic mass is 9.79. The van der Waals surface area contributed by atoms with Crippen LogP contribution in [0.1, 0.15) is 39.6 Å². The number of benzene rings is 6. The van der Waals surface area contributed by atoms with Crippen LogP contribution in [0.2, 0.25) is 0 Å². The Bertz CT molecular complexity index is 2280. The van der Waals surface area contributed by atoms with Crippen LogP contribution in [-0.2, 0) is 25.4 Å². The molecule has 3 heterocycles. The Labute approximate surface area is 325 Å². The van der Waals surface area contributed by atoms with Gasteiger partial charge in [-0.25, -0.2) is 19.3 Å². The maximum Gasteiger partial charge on any atom is 0.174 e. The Hall–Kier alpha value is -6.32. The van der Waals surface area contributed by atoms with Gasteiger partial charge in [-0.1, -0.05) is 182 Å². The third-order valence-corrected chi connectivity index (χ3v) is 10.6. The molecule has 0 aliphatic carbocycles. The van der Waals surface area contributed by atoms with E-state index in [1.54, 1.807) is 17.1 Å². The van der Waals surface area contributed by atoms with Gasteiger partial charge < -0.3 is 14.2 Å². The maximum absolute atomic E-state index is 17.9.